The van der Waals surface area contributed by atoms with Crippen LogP contribution in [-0.4, -0.2) is 157 Å². The first-order valence-corrected chi connectivity index (χ1v) is 26.4. The standard InChI is InChI=1S/C54H87N3O14/c1-31(2)9-8-10-32(3)38-17-18-39-37-16-15-35-25-36(19-22-53(35,6)40(37)20-23-54(38,39)7)69-24-21-43(61)55-26-33-11-13-34(14-12-33)27-57(68)52(4,5)30-56-50(67)47(65)46(64)49(41(60)28-58)71-51-48(66)45(63)44(62)42(29-59)70-51/h11-15,27,31-32,36-42,44-49,51,58-60,62-66H,8-10,16-26,28-30H2,1-7H3,(H,55,61)(H,56,67)/b57-27-/t32-,36+,37+,38-,39+,40+,41+,42-,44+,45+,46+,47+,48-,49-,51+,53+,54-/m1/s1. The lowest BCUT2D eigenvalue weighted by atomic mass is 9.47. The molecule has 0 unspecified atom stereocenters. The zero-order valence-corrected chi connectivity index (χ0v) is 43.2. The monoisotopic (exact) mass is 1000 g/mol. The summed E-state index contributed by atoms with van der Waals surface area (Å²) >= 11 is 0. The molecule has 4 fully saturated rings. The van der Waals surface area contributed by atoms with Crippen LogP contribution in [0.5, 0.6) is 0 Å². The van der Waals surface area contributed by atoms with Crippen LogP contribution >= 0.6 is 0 Å². The molecule has 17 atom stereocenters. The van der Waals surface area contributed by atoms with Gasteiger partial charge in [0.25, 0.3) is 5.91 Å². The van der Waals surface area contributed by atoms with E-state index in [9.17, 15) is 55.6 Å². The van der Waals surface area contributed by atoms with Crippen molar-refractivity contribution in [3.63, 3.8) is 0 Å². The van der Waals surface area contributed by atoms with E-state index in [2.05, 4.69) is 51.3 Å². The first kappa shape index (κ1) is 57.2. The van der Waals surface area contributed by atoms with Crippen LogP contribution in [0, 0.1) is 51.5 Å². The van der Waals surface area contributed by atoms with Gasteiger partial charge in [0, 0.05) is 32.4 Å². The van der Waals surface area contributed by atoms with Gasteiger partial charge in [0.15, 0.2) is 24.1 Å². The number of ether oxygens (including phenoxy) is 3. The second-order valence-corrected chi connectivity index (χ2v) is 23.3. The molecular formula is C54H87N3O14. The van der Waals surface area contributed by atoms with Gasteiger partial charge in [-0.05, 0) is 115 Å². The van der Waals surface area contributed by atoms with Gasteiger partial charge in [0.05, 0.1) is 32.5 Å². The molecule has 0 aromatic heterocycles. The van der Waals surface area contributed by atoms with Crippen LogP contribution in [0.15, 0.2) is 35.9 Å². The fourth-order valence-electron chi connectivity index (χ4n) is 13.1. The molecule has 6 rings (SSSR count). The van der Waals surface area contributed by atoms with Crippen molar-refractivity contribution in [3.8, 4) is 0 Å². The van der Waals surface area contributed by atoms with Gasteiger partial charge < -0.3 is 70.9 Å². The normalized spacial score (nSPS) is 34.3. The largest absolute Gasteiger partial charge is 0.623 e. The molecule has 17 heteroatoms. The number of fused-ring (bicyclic) bond motifs is 5. The highest BCUT2D eigenvalue weighted by Crippen LogP contribution is 2.67. The van der Waals surface area contributed by atoms with Crippen LogP contribution in [0.2, 0.25) is 0 Å². The SMILES string of the molecule is CC(C)CCC[C@@H](C)[C@H]1CC[C@H]2[C@@H]3CC=C4C[C@@H](OCCC(=O)NCc5ccc(/C=[N+](\[O-])C(C)(C)CNC(=O)[C@@H](O)[C@H](O)[C@H](O[C@@H]6O[C@H](CO)[C@H](O)[C@H](O)[C@H]6O)[C@@H](O)CO)cc5)CC[C@]4(C)[C@H]3CC[C@]12C. The molecule has 71 heavy (non-hydrogen) atoms. The minimum Gasteiger partial charge on any atom is -0.623 e. The predicted octanol–water partition coefficient (Wildman–Crippen LogP) is 3.20. The molecule has 0 radical (unpaired) electrons. The van der Waals surface area contributed by atoms with Gasteiger partial charge in [0.2, 0.25) is 5.91 Å². The molecule has 0 spiro atoms. The Labute approximate surface area is 420 Å². The molecule has 2 amide bonds. The van der Waals surface area contributed by atoms with Crippen molar-refractivity contribution in [3.05, 3.63) is 52.2 Å². The molecule has 1 aromatic carbocycles. The number of nitrogens with one attached hydrogen (secondary N) is 2. The molecular weight excluding hydrogens is 915 g/mol. The molecule has 3 saturated carbocycles. The number of nitrogens with zero attached hydrogens (tertiary/aromatic N) is 1. The summed E-state index contributed by atoms with van der Waals surface area (Å²) in [5.41, 5.74) is 2.40. The number of carbonyl (C=O) groups is 2. The lowest BCUT2D eigenvalue weighted by Gasteiger charge is -2.58. The minimum absolute atomic E-state index is 0.107. The Kier molecular flexibility index (Phi) is 19.8. The van der Waals surface area contributed by atoms with E-state index in [0.29, 0.717) is 28.9 Å². The van der Waals surface area contributed by atoms with Gasteiger partial charge in [0.1, 0.15) is 42.7 Å². The first-order valence-electron chi connectivity index (χ1n) is 26.4. The first-order chi connectivity index (χ1) is 33.5. The summed E-state index contributed by atoms with van der Waals surface area (Å²) in [4.78, 5) is 25.9. The molecule has 5 aliphatic rings. The zero-order chi connectivity index (χ0) is 52.0. The molecule has 1 aromatic rings. The summed E-state index contributed by atoms with van der Waals surface area (Å²) < 4.78 is 17.6. The molecule has 1 saturated heterocycles. The highest BCUT2D eigenvalue weighted by molar-refractivity contribution is 5.81. The Hall–Kier alpha value is -3.07. The van der Waals surface area contributed by atoms with Gasteiger partial charge >= 0.3 is 0 Å². The van der Waals surface area contributed by atoms with Crippen LogP contribution in [0.25, 0.3) is 0 Å². The summed E-state index contributed by atoms with van der Waals surface area (Å²) in [6.07, 6.45) is 1.01. The molecule has 17 nitrogen and oxygen atoms in total. The zero-order valence-electron chi connectivity index (χ0n) is 43.2. The second-order valence-electron chi connectivity index (χ2n) is 23.3. The summed E-state index contributed by atoms with van der Waals surface area (Å²) in [6, 6.07) is 7.03. The van der Waals surface area contributed by atoms with E-state index in [1.165, 1.54) is 71.4 Å². The van der Waals surface area contributed by atoms with Crippen molar-refractivity contribution >= 4 is 18.0 Å². The fourth-order valence-corrected chi connectivity index (χ4v) is 13.1. The lowest BCUT2D eigenvalue weighted by molar-refractivity contribution is -0.533. The Balaban J connectivity index is 0.915. The number of rotatable bonds is 23. The summed E-state index contributed by atoms with van der Waals surface area (Å²) in [5.74, 6) is 3.56. The number of allylic oxidation sites excluding steroid dienone is 1. The third-order valence-corrected chi connectivity index (χ3v) is 17.6. The smallest absolute Gasteiger partial charge is 0.251 e. The number of hydrogen-bond acceptors (Lipinski definition) is 14. The van der Waals surface area contributed by atoms with Gasteiger partial charge in [-0.1, -0.05) is 77.7 Å². The number of amides is 2. The maximum absolute atomic E-state index is 13.3. The van der Waals surface area contributed by atoms with Crippen LogP contribution < -0.4 is 10.6 Å². The number of hydroxylamine groups is 1. The van der Waals surface area contributed by atoms with E-state index < -0.39 is 79.8 Å². The predicted molar refractivity (Wildman–Crippen MR) is 265 cm³/mol. The molecule has 4 aliphatic carbocycles. The average Bonchev–Trinajstić information content (AvgIpc) is 3.71. The Morgan fingerprint density at radius 1 is 0.944 bits per heavy atom. The fraction of sp³-hybridized carbons (Fsp3) is 0.796. The minimum atomic E-state index is -2.28. The number of aliphatic hydroxyl groups is 8. The maximum atomic E-state index is 13.3. The van der Waals surface area contributed by atoms with E-state index in [1.54, 1.807) is 29.8 Å². The van der Waals surface area contributed by atoms with Crippen LogP contribution in [0.4, 0.5) is 0 Å². The van der Waals surface area contributed by atoms with Crippen molar-refractivity contribution in [1.29, 1.82) is 0 Å². The topological polar surface area (TPSA) is 274 Å². The maximum Gasteiger partial charge on any atom is 0.251 e. The Morgan fingerprint density at radius 3 is 2.34 bits per heavy atom. The van der Waals surface area contributed by atoms with Gasteiger partial charge in [-0.2, -0.15) is 0 Å². The van der Waals surface area contributed by atoms with E-state index >= 15 is 0 Å². The number of aliphatic hydroxyl groups excluding tert-OH is 8. The lowest BCUT2D eigenvalue weighted by Crippen LogP contribution is -2.62. The third kappa shape index (κ3) is 13.3. The van der Waals surface area contributed by atoms with Crippen molar-refractivity contribution < 1.29 is 69.4 Å². The van der Waals surface area contributed by atoms with Crippen molar-refractivity contribution in [2.24, 2.45) is 46.3 Å². The molecule has 0 bridgehead atoms. The van der Waals surface area contributed by atoms with Crippen molar-refractivity contribution in [1.82, 2.24) is 10.6 Å². The van der Waals surface area contributed by atoms with Crippen LogP contribution in [-0.2, 0) is 30.3 Å². The highest BCUT2D eigenvalue weighted by atomic mass is 16.7. The van der Waals surface area contributed by atoms with E-state index in [-0.39, 0.29) is 30.4 Å². The summed E-state index contributed by atoms with van der Waals surface area (Å²) in [5, 5.41) is 100.0. The van der Waals surface area contributed by atoms with E-state index in [4.69, 9.17) is 14.2 Å². The molecule has 1 heterocycles. The second kappa shape index (κ2) is 24.5. The van der Waals surface area contributed by atoms with Gasteiger partial charge in [-0.15, -0.1) is 0 Å². The van der Waals surface area contributed by atoms with Crippen molar-refractivity contribution in [2.45, 2.75) is 199 Å². The summed E-state index contributed by atoms with van der Waals surface area (Å²) in [6.45, 7) is 14.0. The number of hydrogen-bond donors (Lipinski definition) is 10. The Bertz CT molecular complexity index is 1960. The summed E-state index contributed by atoms with van der Waals surface area (Å²) in [7, 11) is 0. The van der Waals surface area contributed by atoms with Gasteiger partial charge in [-0.3, -0.25) is 9.59 Å². The van der Waals surface area contributed by atoms with Gasteiger partial charge in [-0.25, -0.2) is 4.74 Å². The molecule has 402 valence electrons. The van der Waals surface area contributed by atoms with Crippen molar-refractivity contribution in [2.75, 3.05) is 26.4 Å². The molecule has 1 aliphatic heterocycles. The van der Waals surface area contributed by atoms with E-state index in [1.807, 2.05) is 0 Å². The average molecular weight is 1000 g/mol. The van der Waals surface area contributed by atoms with Crippen LogP contribution in [0.3, 0.4) is 0 Å². The molecule has 10 N–H and O–H groups in total. The quantitative estimate of drug-likeness (QED) is 0.0248. The van der Waals surface area contributed by atoms with Crippen LogP contribution in [0.1, 0.15) is 137 Å². The third-order valence-electron chi connectivity index (χ3n) is 17.6. The highest BCUT2D eigenvalue weighted by Gasteiger charge is 2.59. The van der Waals surface area contributed by atoms with E-state index in [0.717, 1.165) is 60.3 Å². The number of carbonyl (C=O) groups excluding carboxylic acids is 2. The number of benzene rings is 1. The Morgan fingerprint density at radius 2 is 1.66 bits per heavy atom.